The predicted molar refractivity (Wildman–Crippen MR) is 181 cm³/mol. The summed E-state index contributed by atoms with van der Waals surface area (Å²) in [5, 5.41) is 33.8. The lowest BCUT2D eigenvalue weighted by Gasteiger charge is -2.30. The smallest absolute Gasteiger partial charge is 0.319 e. The lowest BCUT2D eigenvalue weighted by molar-refractivity contribution is -0.118. The molecule has 258 valence electrons. The fourth-order valence-corrected chi connectivity index (χ4v) is 5.50. The van der Waals surface area contributed by atoms with Gasteiger partial charge < -0.3 is 36.2 Å². The van der Waals surface area contributed by atoms with E-state index in [1.54, 1.807) is 10.9 Å². The first-order chi connectivity index (χ1) is 22.3. The van der Waals surface area contributed by atoms with Gasteiger partial charge in [-0.25, -0.2) is 19.7 Å². The van der Waals surface area contributed by atoms with E-state index in [0.29, 0.717) is 56.1 Å². The number of anilines is 2. The number of benzene rings is 1. The third kappa shape index (κ3) is 9.83. The van der Waals surface area contributed by atoms with E-state index >= 15 is 0 Å². The minimum absolute atomic E-state index is 0.0454. The highest BCUT2D eigenvalue weighted by molar-refractivity contribution is 5.89. The molecule has 4 atom stereocenters. The Labute approximate surface area is 276 Å². The quantitative estimate of drug-likeness (QED) is 0.134. The zero-order valence-electron chi connectivity index (χ0n) is 28.4. The SMILES string of the molecule is CC(=O)NCCCCNc1ncnc2c1ncn2[C@@H]1O[C@H](CN(CCCNC(=O)Nc2ccc(C(C)(C)C)cc2)C(C)C)[C@@H](O)[C@H]1O. The summed E-state index contributed by atoms with van der Waals surface area (Å²) in [5.41, 5.74) is 2.99. The molecule has 2 aromatic heterocycles. The van der Waals surface area contributed by atoms with Gasteiger partial charge in [0.25, 0.3) is 0 Å². The monoisotopic (exact) mass is 653 g/mol. The van der Waals surface area contributed by atoms with E-state index in [0.717, 1.165) is 18.5 Å². The molecule has 1 aliphatic heterocycles. The Bertz CT molecular complexity index is 1460. The minimum atomic E-state index is -1.19. The molecule has 0 radical (unpaired) electrons. The number of urea groups is 1. The Morgan fingerprint density at radius 2 is 1.68 bits per heavy atom. The molecule has 1 saturated heterocycles. The second-order valence-corrected chi connectivity index (χ2v) is 13.4. The van der Waals surface area contributed by atoms with Crippen LogP contribution in [0.25, 0.3) is 11.2 Å². The summed E-state index contributed by atoms with van der Waals surface area (Å²) in [6.07, 6.45) is 1.48. The van der Waals surface area contributed by atoms with Gasteiger partial charge in [-0.2, -0.15) is 0 Å². The van der Waals surface area contributed by atoms with Gasteiger partial charge in [-0.1, -0.05) is 32.9 Å². The van der Waals surface area contributed by atoms with Gasteiger partial charge in [0.15, 0.2) is 23.2 Å². The average Bonchev–Trinajstić information content (AvgIpc) is 3.56. The van der Waals surface area contributed by atoms with Gasteiger partial charge in [0.1, 0.15) is 24.6 Å². The second kappa shape index (κ2) is 16.3. The third-order valence-corrected chi connectivity index (χ3v) is 8.30. The molecule has 4 rings (SSSR count). The molecule has 0 unspecified atom stereocenters. The lowest BCUT2D eigenvalue weighted by Crippen LogP contribution is -2.44. The van der Waals surface area contributed by atoms with Crippen LogP contribution in [0.1, 0.15) is 72.6 Å². The number of hydrogen-bond acceptors (Lipinski definition) is 10. The summed E-state index contributed by atoms with van der Waals surface area (Å²) < 4.78 is 7.86. The Morgan fingerprint density at radius 1 is 0.979 bits per heavy atom. The summed E-state index contributed by atoms with van der Waals surface area (Å²) in [6.45, 7) is 14.8. The molecular weight excluding hydrogens is 602 g/mol. The number of aromatic nitrogens is 4. The Hall–Kier alpha value is -3.85. The number of carbonyl (C=O) groups excluding carboxylic acids is 2. The van der Waals surface area contributed by atoms with Crippen molar-refractivity contribution in [3.8, 4) is 0 Å². The zero-order chi connectivity index (χ0) is 34.1. The molecule has 14 heteroatoms. The summed E-state index contributed by atoms with van der Waals surface area (Å²) in [5.74, 6) is 0.513. The molecule has 1 fully saturated rings. The largest absolute Gasteiger partial charge is 0.387 e. The van der Waals surface area contributed by atoms with E-state index in [1.807, 2.05) is 24.3 Å². The van der Waals surface area contributed by atoms with Gasteiger partial charge in [-0.3, -0.25) is 14.3 Å². The van der Waals surface area contributed by atoms with E-state index in [9.17, 15) is 19.8 Å². The average molecular weight is 654 g/mol. The van der Waals surface area contributed by atoms with Crippen molar-refractivity contribution < 1.29 is 24.5 Å². The summed E-state index contributed by atoms with van der Waals surface area (Å²) in [4.78, 5) is 38.8. The number of nitrogens with one attached hydrogen (secondary N) is 4. The predicted octanol–water partition coefficient (Wildman–Crippen LogP) is 2.99. The van der Waals surface area contributed by atoms with Gasteiger partial charge in [-0.05, 0) is 56.2 Å². The normalized spacial score (nSPS) is 19.8. The van der Waals surface area contributed by atoms with Crippen molar-refractivity contribution in [1.29, 1.82) is 0 Å². The lowest BCUT2D eigenvalue weighted by atomic mass is 9.87. The number of aliphatic hydroxyl groups excluding tert-OH is 2. The topological polar surface area (TPSA) is 179 Å². The van der Waals surface area contributed by atoms with Gasteiger partial charge >= 0.3 is 6.03 Å². The fourth-order valence-electron chi connectivity index (χ4n) is 5.50. The Morgan fingerprint density at radius 3 is 2.36 bits per heavy atom. The number of amides is 3. The molecule has 3 aromatic rings. The van der Waals surface area contributed by atoms with Crippen LogP contribution in [0, 0.1) is 0 Å². The molecule has 1 aromatic carbocycles. The van der Waals surface area contributed by atoms with Crippen LogP contribution in [-0.2, 0) is 14.9 Å². The number of ether oxygens (including phenoxy) is 1. The first-order valence-electron chi connectivity index (χ1n) is 16.4. The molecular formula is C33H51N9O5. The first kappa shape index (κ1) is 36.0. The highest BCUT2D eigenvalue weighted by atomic mass is 16.6. The molecule has 0 spiro atoms. The third-order valence-electron chi connectivity index (χ3n) is 8.30. The van der Waals surface area contributed by atoms with Crippen molar-refractivity contribution in [3.63, 3.8) is 0 Å². The van der Waals surface area contributed by atoms with Gasteiger partial charge in [0, 0.05) is 51.4 Å². The molecule has 3 amide bonds. The molecule has 0 aliphatic carbocycles. The van der Waals surface area contributed by atoms with Crippen molar-refractivity contribution in [2.24, 2.45) is 0 Å². The number of aliphatic hydroxyl groups is 2. The number of hydrogen-bond donors (Lipinski definition) is 6. The fraction of sp³-hybridized carbons (Fsp3) is 0.606. The van der Waals surface area contributed by atoms with Crippen molar-refractivity contribution >= 4 is 34.6 Å². The summed E-state index contributed by atoms with van der Waals surface area (Å²) >= 11 is 0. The molecule has 0 saturated carbocycles. The zero-order valence-corrected chi connectivity index (χ0v) is 28.4. The standard InChI is InChI=1S/C33H51N9O5/c1-21(2)41(17-9-16-36-32(46)40-24-12-10-23(11-13-24)33(4,5)6)18-25-27(44)28(45)31(47-25)42-20-39-26-29(37-19-38-30(26)42)35-15-8-7-14-34-22(3)43/h10-13,19-21,25,27-28,31,44-45H,7-9,14-18H2,1-6H3,(H,34,43)(H,35,37,38)(H2,36,40,46)/t25-,27-,28-,31-/m1/s1. The van der Waals surface area contributed by atoms with E-state index in [-0.39, 0.29) is 23.4 Å². The van der Waals surface area contributed by atoms with Crippen molar-refractivity contribution in [3.05, 3.63) is 42.5 Å². The molecule has 14 nitrogen and oxygen atoms in total. The maximum atomic E-state index is 12.5. The minimum Gasteiger partial charge on any atom is -0.387 e. The van der Waals surface area contributed by atoms with E-state index in [1.165, 1.54) is 18.8 Å². The highest BCUT2D eigenvalue weighted by Gasteiger charge is 2.45. The Kier molecular flexibility index (Phi) is 12.5. The molecule has 0 bridgehead atoms. The number of imidazole rings is 1. The number of rotatable bonds is 15. The highest BCUT2D eigenvalue weighted by Crippen LogP contribution is 2.33. The number of unbranched alkanes of at least 4 members (excludes halogenated alkanes) is 1. The number of fused-ring (bicyclic) bond motifs is 1. The first-order valence-corrected chi connectivity index (χ1v) is 16.4. The van der Waals surface area contributed by atoms with Gasteiger partial charge in [0.2, 0.25) is 5.91 Å². The molecule has 3 heterocycles. The van der Waals surface area contributed by atoms with Crippen LogP contribution in [0.2, 0.25) is 0 Å². The maximum absolute atomic E-state index is 12.5. The van der Waals surface area contributed by atoms with Crippen LogP contribution in [0.15, 0.2) is 36.9 Å². The van der Waals surface area contributed by atoms with E-state index in [4.69, 9.17) is 4.74 Å². The number of carbonyl (C=O) groups is 2. The molecule has 47 heavy (non-hydrogen) atoms. The van der Waals surface area contributed by atoms with Gasteiger partial charge in [0.05, 0.1) is 6.33 Å². The number of nitrogens with zero attached hydrogens (tertiary/aromatic N) is 5. The van der Waals surface area contributed by atoms with E-state index < -0.39 is 24.5 Å². The summed E-state index contributed by atoms with van der Waals surface area (Å²) in [6, 6.07) is 7.75. The van der Waals surface area contributed by atoms with Crippen LogP contribution >= 0.6 is 0 Å². The van der Waals surface area contributed by atoms with Crippen molar-refractivity contribution in [2.75, 3.05) is 43.4 Å². The van der Waals surface area contributed by atoms with Crippen LogP contribution in [0.5, 0.6) is 0 Å². The van der Waals surface area contributed by atoms with Crippen LogP contribution in [-0.4, -0.2) is 104 Å². The second-order valence-electron chi connectivity index (χ2n) is 13.4. The van der Waals surface area contributed by atoms with Crippen LogP contribution in [0.3, 0.4) is 0 Å². The van der Waals surface area contributed by atoms with Crippen molar-refractivity contribution in [2.45, 2.75) is 96.8 Å². The summed E-state index contributed by atoms with van der Waals surface area (Å²) in [7, 11) is 0. The van der Waals surface area contributed by atoms with Gasteiger partial charge in [-0.15, -0.1) is 0 Å². The molecule has 6 N–H and O–H groups in total. The molecule has 1 aliphatic rings. The maximum Gasteiger partial charge on any atom is 0.319 e. The van der Waals surface area contributed by atoms with Crippen LogP contribution in [0.4, 0.5) is 16.3 Å². The van der Waals surface area contributed by atoms with Crippen molar-refractivity contribution in [1.82, 2.24) is 35.1 Å². The van der Waals surface area contributed by atoms with Crippen LogP contribution < -0.4 is 21.3 Å². The van der Waals surface area contributed by atoms with E-state index in [2.05, 4.69) is 75.7 Å². The Balaban J connectivity index is 1.27.